The van der Waals surface area contributed by atoms with Crippen LogP contribution in [0.4, 0.5) is 11.4 Å². The first-order chi connectivity index (χ1) is 6.08. The topological polar surface area (TPSA) is 38.0 Å². The van der Waals surface area contributed by atoms with Gasteiger partial charge in [0.2, 0.25) is 0 Å². The zero-order valence-electron chi connectivity index (χ0n) is 8.17. The Kier molecular flexibility index (Phi) is 1.72. The molecular weight excluding hydrogens is 160 g/mol. The number of nitrogens with one attached hydrogen (secondary N) is 1. The molecule has 1 saturated carbocycles. The van der Waals surface area contributed by atoms with Crippen molar-refractivity contribution in [3.63, 3.8) is 0 Å². The molecule has 3 N–H and O–H groups in total. The van der Waals surface area contributed by atoms with E-state index >= 15 is 0 Å². The Hall–Kier alpha value is -1.18. The molecule has 0 heterocycles. The molecule has 1 fully saturated rings. The summed E-state index contributed by atoms with van der Waals surface area (Å²) < 4.78 is 0. The first-order valence-corrected chi connectivity index (χ1v) is 4.70. The van der Waals surface area contributed by atoms with E-state index in [-0.39, 0.29) is 0 Å². The molecule has 2 nitrogen and oxygen atoms in total. The molecule has 1 aliphatic rings. The van der Waals surface area contributed by atoms with Crippen molar-refractivity contribution in [1.82, 2.24) is 0 Å². The summed E-state index contributed by atoms with van der Waals surface area (Å²) in [6.45, 7) is 4.56. The predicted octanol–water partition coefficient (Wildman–Crippen LogP) is 2.48. The van der Waals surface area contributed by atoms with Crippen LogP contribution < -0.4 is 11.1 Å². The number of rotatable bonds is 2. The highest BCUT2D eigenvalue weighted by atomic mass is 15.0. The van der Waals surface area contributed by atoms with Crippen LogP contribution in [0.25, 0.3) is 0 Å². The van der Waals surface area contributed by atoms with E-state index in [0.717, 1.165) is 5.69 Å². The first-order valence-electron chi connectivity index (χ1n) is 4.70. The van der Waals surface area contributed by atoms with Gasteiger partial charge in [0.15, 0.2) is 0 Å². The third kappa shape index (κ3) is 1.77. The number of nitrogens with two attached hydrogens (primary N) is 1. The summed E-state index contributed by atoms with van der Waals surface area (Å²) in [5, 5.41) is 3.48. The smallest absolute Gasteiger partial charge is 0.0344 e. The van der Waals surface area contributed by atoms with Crippen LogP contribution in [0.3, 0.4) is 0 Å². The quantitative estimate of drug-likeness (QED) is 0.679. The summed E-state index contributed by atoms with van der Waals surface area (Å²) in [5.74, 6) is 0. The molecule has 0 amide bonds. The number of hydrogen-bond donors (Lipinski definition) is 2. The lowest BCUT2D eigenvalue weighted by Gasteiger charge is -2.07. The second-order valence-electron chi connectivity index (χ2n) is 4.51. The molecule has 1 aromatic carbocycles. The average molecular weight is 176 g/mol. The minimum absolute atomic E-state index is 0.474. The Bertz CT molecular complexity index is 300. The van der Waals surface area contributed by atoms with Gasteiger partial charge < -0.3 is 11.1 Å². The zero-order chi connectivity index (χ0) is 9.47. The maximum absolute atomic E-state index is 5.60. The number of nitrogen functional groups attached to an aromatic ring is 1. The molecule has 1 atom stereocenters. The molecular formula is C11H16N2. The SMILES string of the molecule is CC1(C)CC1Nc1ccc(N)cc1. The van der Waals surface area contributed by atoms with E-state index in [2.05, 4.69) is 19.2 Å². The third-order valence-electron chi connectivity index (χ3n) is 2.77. The van der Waals surface area contributed by atoms with Crippen LogP contribution in [-0.4, -0.2) is 6.04 Å². The highest BCUT2D eigenvalue weighted by Crippen LogP contribution is 2.46. The molecule has 70 valence electrons. The molecule has 1 aliphatic carbocycles. The fourth-order valence-corrected chi connectivity index (χ4v) is 1.49. The minimum atomic E-state index is 0.474. The van der Waals surface area contributed by atoms with Gasteiger partial charge in [-0.2, -0.15) is 0 Å². The van der Waals surface area contributed by atoms with Gasteiger partial charge in [-0.15, -0.1) is 0 Å². The van der Waals surface area contributed by atoms with Crippen LogP contribution in [0.1, 0.15) is 20.3 Å². The van der Waals surface area contributed by atoms with E-state index in [1.165, 1.54) is 12.1 Å². The molecule has 0 aromatic heterocycles. The average Bonchev–Trinajstić information content (AvgIpc) is 2.64. The van der Waals surface area contributed by atoms with Crippen molar-refractivity contribution in [3.05, 3.63) is 24.3 Å². The normalized spacial score (nSPS) is 24.0. The number of benzene rings is 1. The number of anilines is 2. The van der Waals surface area contributed by atoms with Crippen molar-refractivity contribution in [1.29, 1.82) is 0 Å². The Labute approximate surface area is 79.1 Å². The van der Waals surface area contributed by atoms with Crippen molar-refractivity contribution in [3.8, 4) is 0 Å². The van der Waals surface area contributed by atoms with Gasteiger partial charge in [-0.1, -0.05) is 13.8 Å². The van der Waals surface area contributed by atoms with Crippen LogP contribution >= 0.6 is 0 Å². The largest absolute Gasteiger partial charge is 0.399 e. The van der Waals surface area contributed by atoms with Crippen LogP contribution in [0.5, 0.6) is 0 Å². The molecule has 1 aromatic rings. The molecule has 0 spiro atoms. The first kappa shape index (κ1) is 8.42. The van der Waals surface area contributed by atoms with E-state index in [0.29, 0.717) is 11.5 Å². The van der Waals surface area contributed by atoms with Crippen molar-refractivity contribution in [2.75, 3.05) is 11.1 Å². The van der Waals surface area contributed by atoms with Gasteiger partial charge in [0.05, 0.1) is 0 Å². The van der Waals surface area contributed by atoms with Crippen molar-refractivity contribution >= 4 is 11.4 Å². The lowest BCUT2D eigenvalue weighted by Crippen LogP contribution is -2.08. The van der Waals surface area contributed by atoms with Gasteiger partial charge in [-0.05, 0) is 36.1 Å². The lowest BCUT2D eigenvalue weighted by atomic mass is 10.2. The molecule has 0 aliphatic heterocycles. The van der Waals surface area contributed by atoms with E-state index in [9.17, 15) is 0 Å². The summed E-state index contributed by atoms with van der Waals surface area (Å²) in [4.78, 5) is 0. The summed E-state index contributed by atoms with van der Waals surface area (Å²) in [6, 6.07) is 8.55. The van der Waals surface area contributed by atoms with Crippen molar-refractivity contribution < 1.29 is 0 Å². The van der Waals surface area contributed by atoms with Crippen LogP contribution in [-0.2, 0) is 0 Å². The van der Waals surface area contributed by atoms with E-state index in [4.69, 9.17) is 5.73 Å². The molecule has 0 saturated heterocycles. The van der Waals surface area contributed by atoms with E-state index < -0.39 is 0 Å². The maximum atomic E-state index is 5.60. The van der Waals surface area contributed by atoms with Crippen LogP contribution in [0.2, 0.25) is 0 Å². The van der Waals surface area contributed by atoms with E-state index in [1.54, 1.807) is 0 Å². The Morgan fingerprint density at radius 3 is 2.31 bits per heavy atom. The van der Waals surface area contributed by atoms with Gasteiger partial charge in [0.1, 0.15) is 0 Å². The third-order valence-corrected chi connectivity index (χ3v) is 2.77. The second-order valence-corrected chi connectivity index (χ2v) is 4.51. The monoisotopic (exact) mass is 176 g/mol. The fraction of sp³-hybridized carbons (Fsp3) is 0.455. The van der Waals surface area contributed by atoms with Gasteiger partial charge in [0.25, 0.3) is 0 Å². The maximum Gasteiger partial charge on any atom is 0.0344 e. The molecule has 13 heavy (non-hydrogen) atoms. The van der Waals surface area contributed by atoms with Crippen molar-refractivity contribution in [2.45, 2.75) is 26.3 Å². The lowest BCUT2D eigenvalue weighted by molar-refractivity contribution is 0.630. The van der Waals surface area contributed by atoms with Gasteiger partial charge in [0, 0.05) is 17.4 Å². The van der Waals surface area contributed by atoms with Crippen molar-refractivity contribution in [2.24, 2.45) is 5.41 Å². The zero-order valence-corrected chi connectivity index (χ0v) is 8.17. The Morgan fingerprint density at radius 1 is 1.31 bits per heavy atom. The Morgan fingerprint density at radius 2 is 1.85 bits per heavy atom. The van der Waals surface area contributed by atoms with Gasteiger partial charge in [-0.25, -0.2) is 0 Å². The Balaban J connectivity index is 2.00. The summed E-state index contributed by atoms with van der Waals surface area (Å²) in [5.41, 5.74) is 8.06. The van der Waals surface area contributed by atoms with Gasteiger partial charge >= 0.3 is 0 Å². The highest BCUT2D eigenvalue weighted by molar-refractivity contribution is 5.52. The molecule has 0 bridgehead atoms. The van der Waals surface area contributed by atoms with E-state index in [1.807, 2.05) is 24.3 Å². The molecule has 2 rings (SSSR count). The van der Waals surface area contributed by atoms with Crippen LogP contribution in [0.15, 0.2) is 24.3 Å². The molecule has 0 radical (unpaired) electrons. The molecule has 1 unspecified atom stereocenters. The predicted molar refractivity (Wildman–Crippen MR) is 56.7 cm³/mol. The fourth-order valence-electron chi connectivity index (χ4n) is 1.49. The summed E-state index contributed by atoms with van der Waals surface area (Å²) >= 11 is 0. The number of hydrogen-bond acceptors (Lipinski definition) is 2. The summed E-state index contributed by atoms with van der Waals surface area (Å²) in [7, 11) is 0. The summed E-state index contributed by atoms with van der Waals surface area (Å²) in [6.07, 6.45) is 1.26. The molecule has 2 heteroatoms. The highest BCUT2D eigenvalue weighted by Gasteiger charge is 2.45. The minimum Gasteiger partial charge on any atom is -0.399 e. The second kappa shape index (κ2) is 2.66. The van der Waals surface area contributed by atoms with Crippen LogP contribution in [0, 0.1) is 5.41 Å². The standard InChI is InChI=1S/C11H16N2/c1-11(2)7-10(11)13-9-5-3-8(12)4-6-9/h3-6,10,13H,7,12H2,1-2H3. The van der Waals surface area contributed by atoms with Gasteiger partial charge in [-0.3, -0.25) is 0 Å².